The highest BCUT2D eigenvalue weighted by atomic mass is 32.2. The van der Waals surface area contributed by atoms with Gasteiger partial charge >= 0.3 is 0 Å². The number of carbonyl (C=O) groups is 1. The number of amides is 1. The van der Waals surface area contributed by atoms with Crippen LogP contribution in [0.25, 0.3) is 15.9 Å². The first kappa shape index (κ1) is 18.9. The molecule has 3 heterocycles. The highest BCUT2D eigenvalue weighted by Crippen LogP contribution is 2.36. The zero-order valence-corrected chi connectivity index (χ0v) is 18.1. The molecule has 1 amide bonds. The molecule has 2 aromatic heterocycles. The fraction of sp³-hybridized carbons (Fsp3) is 0.409. The second-order valence-electron chi connectivity index (χ2n) is 7.78. The standard InChI is InChI=1S/C22H23N3O2S2/c1-14-7-9-15(10-8-14)25-21(27)19-16-5-4-6-17(16)29-20(19)23-22(25)28-13-18(26)24-11-2-3-12-24/h7-10H,2-6,11-13H2,1H3. The number of carbonyl (C=O) groups excluding carboxylic acids is 1. The topological polar surface area (TPSA) is 55.2 Å². The van der Waals surface area contributed by atoms with Crippen LogP contribution in [0, 0.1) is 6.92 Å². The van der Waals surface area contributed by atoms with Crippen LogP contribution in [0.2, 0.25) is 0 Å². The highest BCUT2D eigenvalue weighted by Gasteiger charge is 2.25. The van der Waals surface area contributed by atoms with Crippen molar-refractivity contribution in [3.8, 4) is 5.69 Å². The number of fused-ring (bicyclic) bond motifs is 3. The van der Waals surface area contributed by atoms with Crippen LogP contribution in [0.15, 0.2) is 34.2 Å². The van der Waals surface area contributed by atoms with Gasteiger partial charge in [0.05, 0.1) is 16.8 Å². The summed E-state index contributed by atoms with van der Waals surface area (Å²) in [6, 6.07) is 7.94. The van der Waals surface area contributed by atoms with Gasteiger partial charge < -0.3 is 4.90 Å². The lowest BCUT2D eigenvalue weighted by Gasteiger charge is -2.16. The van der Waals surface area contributed by atoms with E-state index in [0.29, 0.717) is 10.9 Å². The van der Waals surface area contributed by atoms with Crippen LogP contribution in [-0.4, -0.2) is 39.2 Å². The van der Waals surface area contributed by atoms with Crippen LogP contribution in [-0.2, 0) is 17.6 Å². The SMILES string of the molecule is Cc1ccc(-n2c(SCC(=O)N3CCCC3)nc3sc4c(c3c2=O)CCC4)cc1. The fourth-order valence-corrected chi connectivity index (χ4v) is 6.45. The molecule has 0 saturated carbocycles. The number of hydrogen-bond donors (Lipinski definition) is 0. The van der Waals surface area contributed by atoms with Gasteiger partial charge in [-0.1, -0.05) is 29.5 Å². The number of nitrogens with zero attached hydrogens (tertiary/aromatic N) is 3. The van der Waals surface area contributed by atoms with Gasteiger partial charge in [0.1, 0.15) is 4.83 Å². The maximum atomic E-state index is 13.6. The molecule has 3 aromatic rings. The summed E-state index contributed by atoms with van der Waals surface area (Å²) in [6.07, 6.45) is 5.27. The summed E-state index contributed by atoms with van der Waals surface area (Å²) < 4.78 is 1.70. The number of thiophene rings is 1. The molecular weight excluding hydrogens is 402 g/mol. The molecule has 7 heteroatoms. The van der Waals surface area contributed by atoms with Crippen molar-refractivity contribution in [2.45, 2.75) is 44.2 Å². The third-order valence-corrected chi connectivity index (χ3v) is 7.89. The second kappa shape index (κ2) is 7.61. The summed E-state index contributed by atoms with van der Waals surface area (Å²) >= 11 is 3.03. The second-order valence-corrected chi connectivity index (χ2v) is 9.81. The summed E-state index contributed by atoms with van der Waals surface area (Å²) in [4.78, 5) is 35.0. The van der Waals surface area contributed by atoms with Crippen molar-refractivity contribution in [2.24, 2.45) is 0 Å². The number of thioether (sulfide) groups is 1. The van der Waals surface area contributed by atoms with Gasteiger partial charge in [-0.15, -0.1) is 11.3 Å². The average molecular weight is 426 g/mol. The van der Waals surface area contributed by atoms with E-state index in [4.69, 9.17) is 4.98 Å². The van der Waals surface area contributed by atoms with E-state index in [2.05, 4.69) is 0 Å². The summed E-state index contributed by atoms with van der Waals surface area (Å²) in [5.74, 6) is 0.445. The minimum atomic E-state index is -0.00521. The quantitative estimate of drug-likeness (QED) is 0.469. The number of aromatic nitrogens is 2. The third-order valence-electron chi connectivity index (χ3n) is 5.78. The largest absolute Gasteiger partial charge is 0.342 e. The molecule has 29 heavy (non-hydrogen) atoms. The van der Waals surface area contributed by atoms with Crippen LogP contribution < -0.4 is 5.56 Å². The predicted octanol–water partition coefficient (Wildman–Crippen LogP) is 3.96. The Kier molecular flexibility index (Phi) is 4.95. The van der Waals surface area contributed by atoms with Crippen molar-refractivity contribution >= 4 is 39.2 Å². The first-order valence-electron chi connectivity index (χ1n) is 10.2. The van der Waals surface area contributed by atoms with Crippen molar-refractivity contribution in [3.63, 3.8) is 0 Å². The molecule has 0 spiro atoms. The summed E-state index contributed by atoms with van der Waals surface area (Å²) in [5, 5.41) is 1.39. The van der Waals surface area contributed by atoms with Gasteiger partial charge in [0.2, 0.25) is 5.91 Å². The Morgan fingerprint density at radius 2 is 1.90 bits per heavy atom. The molecule has 150 valence electrons. The van der Waals surface area contributed by atoms with Crippen LogP contribution in [0.3, 0.4) is 0 Å². The van der Waals surface area contributed by atoms with Crippen LogP contribution in [0.4, 0.5) is 0 Å². The van der Waals surface area contributed by atoms with Gasteiger partial charge in [-0.05, 0) is 56.7 Å². The summed E-state index contributed by atoms with van der Waals surface area (Å²) in [6.45, 7) is 3.71. The van der Waals surface area contributed by atoms with Crippen molar-refractivity contribution in [1.82, 2.24) is 14.5 Å². The van der Waals surface area contributed by atoms with Gasteiger partial charge in [-0.25, -0.2) is 4.98 Å². The smallest absolute Gasteiger partial charge is 0.267 e. The van der Waals surface area contributed by atoms with Crippen molar-refractivity contribution in [3.05, 3.63) is 50.6 Å². The Bertz CT molecular complexity index is 1140. The molecule has 5 nitrogen and oxygen atoms in total. The number of likely N-dealkylation sites (tertiary alicyclic amines) is 1. The van der Waals surface area contributed by atoms with Gasteiger partial charge in [0.15, 0.2) is 5.16 Å². The maximum Gasteiger partial charge on any atom is 0.267 e. The lowest BCUT2D eigenvalue weighted by molar-refractivity contribution is -0.127. The van der Waals surface area contributed by atoms with Crippen molar-refractivity contribution in [2.75, 3.05) is 18.8 Å². The van der Waals surface area contributed by atoms with Crippen LogP contribution in [0.5, 0.6) is 0 Å². The Morgan fingerprint density at radius 3 is 2.66 bits per heavy atom. The molecule has 0 radical (unpaired) electrons. The van der Waals surface area contributed by atoms with Gasteiger partial charge in [-0.2, -0.15) is 0 Å². The Labute approximate surface area is 177 Å². The Morgan fingerprint density at radius 1 is 1.14 bits per heavy atom. The van der Waals surface area contributed by atoms with Gasteiger partial charge in [-0.3, -0.25) is 14.2 Å². The van der Waals surface area contributed by atoms with E-state index in [1.807, 2.05) is 36.1 Å². The van der Waals surface area contributed by atoms with Crippen molar-refractivity contribution < 1.29 is 4.79 Å². The maximum absolute atomic E-state index is 13.6. The molecule has 0 bridgehead atoms. The molecular formula is C22H23N3O2S2. The number of rotatable bonds is 4. The van der Waals surface area contributed by atoms with E-state index in [1.165, 1.54) is 22.2 Å². The molecule has 1 saturated heterocycles. The molecule has 1 aliphatic carbocycles. The molecule has 5 rings (SSSR count). The molecule has 0 unspecified atom stereocenters. The van der Waals surface area contributed by atoms with E-state index >= 15 is 0 Å². The first-order valence-corrected chi connectivity index (χ1v) is 12.0. The van der Waals surface area contributed by atoms with E-state index in [9.17, 15) is 9.59 Å². The van der Waals surface area contributed by atoms with Crippen LogP contribution >= 0.6 is 23.1 Å². The Balaban J connectivity index is 1.59. The lowest BCUT2D eigenvalue weighted by Crippen LogP contribution is -2.29. The normalized spacial score (nSPS) is 16.0. The molecule has 0 atom stereocenters. The molecule has 0 N–H and O–H groups in total. The minimum absolute atomic E-state index is 0.00521. The molecule has 2 aliphatic rings. The predicted molar refractivity (Wildman–Crippen MR) is 119 cm³/mol. The third kappa shape index (κ3) is 3.40. The highest BCUT2D eigenvalue weighted by molar-refractivity contribution is 7.99. The minimum Gasteiger partial charge on any atom is -0.342 e. The summed E-state index contributed by atoms with van der Waals surface area (Å²) in [7, 11) is 0. The van der Waals surface area contributed by atoms with E-state index in [1.54, 1.807) is 15.9 Å². The fourth-order valence-electron chi connectivity index (χ4n) is 4.23. The molecule has 1 fully saturated rings. The monoisotopic (exact) mass is 425 g/mol. The van der Waals surface area contributed by atoms with Crippen molar-refractivity contribution in [1.29, 1.82) is 0 Å². The van der Waals surface area contributed by atoms with Gasteiger partial charge in [0, 0.05) is 18.0 Å². The number of aryl methyl sites for hydroxylation is 3. The summed E-state index contributed by atoms with van der Waals surface area (Å²) in [5.41, 5.74) is 3.14. The Hall–Kier alpha value is -2.12. The van der Waals surface area contributed by atoms with E-state index in [0.717, 1.165) is 66.7 Å². The van der Waals surface area contributed by atoms with E-state index < -0.39 is 0 Å². The van der Waals surface area contributed by atoms with Gasteiger partial charge in [0.25, 0.3) is 5.56 Å². The molecule has 1 aromatic carbocycles. The lowest BCUT2D eigenvalue weighted by atomic mass is 10.2. The zero-order valence-electron chi connectivity index (χ0n) is 16.4. The molecule has 1 aliphatic heterocycles. The van der Waals surface area contributed by atoms with E-state index in [-0.39, 0.29) is 11.5 Å². The number of benzene rings is 1. The zero-order chi connectivity index (χ0) is 20.0. The number of hydrogen-bond acceptors (Lipinski definition) is 5. The average Bonchev–Trinajstić information content (AvgIpc) is 3.44. The van der Waals surface area contributed by atoms with Crippen LogP contribution in [0.1, 0.15) is 35.3 Å². The first-order chi connectivity index (χ1) is 14.1.